The third-order valence-electron chi connectivity index (χ3n) is 3.04. The molecule has 102 valence electrons. The average molecular weight is 326 g/mol. The van der Waals surface area contributed by atoms with Gasteiger partial charge >= 0.3 is 0 Å². The van der Waals surface area contributed by atoms with Crippen LogP contribution in [0.15, 0.2) is 28.9 Å². The first-order valence-electron chi connectivity index (χ1n) is 5.80. The Morgan fingerprint density at radius 1 is 1.53 bits per heavy atom. The zero-order valence-corrected chi connectivity index (χ0v) is 12.4. The molecular formula is C13H16BrN3O2. The van der Waals surface area contributed by atoms with Crippen LogP contribution in [0.25, 0.3) is 0 Å². The lowest BCUT2D eigenvalue weighted by Crippen LogP contribution is -2.06. The van der Waals surface area contributed by atoms with Crippen molar-refractivity contribution in [1.29, 1.82) is 0 Å². The van der Waals surface area contributed by atoms with Crippen molar-refractivity contribution in [3.8, 4) is 5.75 Å². The normalized spacial score (nSPS) is 12.4. The van der Waals surface area contributed by atoms with E-state index in [9.17, 15) is 5.11 Å². The van der Waals surface area contributed by atoms with Crippen LogP contribution in [0, 0.1) is 0 Å². The van der Waals surface area contributed by atoms with Crippen LogP contribution in [0.3, 0.4) is 0 Å². The minimum atomic E-state index is -0.697. The monoisotopic (exact) mass is 325 g/mol. The molecule has 5 nitrogen and oxygen atoms in total. The van der Waals surface area contributed by atoms with Gasteiger partial charge in [0.1, 0.15) is 11.6 Å². The number of aromatic nitrogens is 2. The Kier molecular flexibility index (Phi) is 4.11. The molecule has 2 aromatic rings. The summed E-state index contributed by atoms with van der Waals surface area (Å²) in [4.78, 5) is 0. The Balaban J connectivity index is 2.23. The van der Waals surface area contributed by atoms with Gasteiger partial charge in [-0.05, 0) is 23.8 Å². The van der Waals surface area contributed by atoms with Crippen molar-refractivity contribution >= 4 is 21.7 Å². The SMILES string of the molecule is COc1ccc(Br)c(CC(O)c2cnn(C)c2N)c1. The van der Waals surface area contributed by atoms with Gasteiger partial charge in [0.25, 0.3) is 0 Å². The van der Waals surface area contributed by atoms with Gasteiger partial charge in [-0.15, -0.1) is 0 Å². The minimum Gasteiger partial charge on any atom is -0.497 e. The lowest BCUT2D eigenvalue weighted by Gasteiger charge is -2.12. The van der Waals surface area contributed by atoms with Crippen molar-refractivity contribution in [1.82, 2.24) is 9.78 Å². The van der Waals surface area contributed by atoms with Gasteiger partial charge in [-0.3, -0.25) is 4.68 Å². The molecule has 6 heteroatoms. The quantitative estimate of drug-likeness (QED) is 0.902. The molecule has 1 atom stereocenters. The number of benzene rings is 1. The highest BCUT2D eigenvalue weighted by atomic mass is 79.9. The summed E-state index contributed by atoms with van der Waals surface area (Å²) >= 11 is 3.47. The molecule has 0 spiro atoms. The molecule has 0 aliphatic carbocycles. The molecule has 0 saturated heterocycles. The molecule has 0 aliphatic heterocycles. The predicted molar refractivity (Wildman–Crippen MR) is 77.0 cm³/mol. The number of anilines is 1. The molecule has 0 bridgehead atoms. The third kappa shape index (κ3) is 2.90. The first-order chi connectivity index (χ1) is 9.02. The molecule has 0 saturated carbocycles. The maximum Gasteiger partial charge on any atom is 0.127 e. The lowest BCUT2D eigenvalue weighted by molar-refractivity contribution is 0.179. The molecule has 1 aromatic heterocycles. The van der Waals surface area contributed by atoms with Gasteiger partial charge in [-0.1, -0.05) is 15.9 Å². The van der Waals surface area contributed by atoms with Crippen molar-refractivity contribution in [2.45, 2.75) is 12.5 Å². The van der Waals surface area contributed by atoms with Crippen LogP contribution in [-0.2, 0) is 13.5 Å². The number of halogens is 1. The molecule has 0 aliphatic rings. The summed E-state index contributed by atoms with van der Waals surface area (Å²) in [5.41, 5.74) is 7.45. The molecule has 0 amide bonds. The summed E-state index contributed by atoms with van der Waals surface area (Å²) in [5.74, 6) is 1.23. The fourth-order valence-electron chi connectivity index (χ4n) is 1.87. The second-order valence-corrected chi connectivity index (χ2v) is 5.14. The maximum absolute atomic E-state index is 10.3. The van der Waals surface area contributed by atoms with Crippen LogP contribution in [0.1, 0.15) is 17.2 Å². The summed E-state index contributed by atoms with van der Waals surface area (Å²) < 4.78 is 7.65. The standard InChI is InChI=1S/C13H16BrN3O2/c1-17-13(15)10(7-16-17)12(18)6-8-5-9(19-2)3-4-11(8)14/h3-5,7,12,18H,6,15H2,1-2H3. The first-order valence-corrected chi connectivity index (χ1v) is 6.60. The summed E-state index contributed by atoms with van der Waals surface area (Å²) in [7, 11) is 3.36. The summed E-state index contributed by atoms with van der Waals surface area (Å²) in [6.45, 7) is 0. The molecular weight excluding hydrogens is 310 g/mol. The van der Waals surface area contributed by atoms with Crippen LogP contribution < -0.4 is 10.5 Å². The Morgan fingerprint density at radius 2 is 2.26 bits per heavy atom. The summed E-state index contributed by atoms with van der Waals surface area (Å²) in [6.07, 6.45) is 1.33. The van der Waals surface area contributed by atoms with Crippen molar-refractivity contribution in [2.75, 3.05) is 12.8 Å². The van der Waals surface area contributed by atoms with E-state index in [2.05, 4.69) is 21.0 Å². The van der Waals surface area contributed by atoms with Crippen LogP contribution in [0.2, 0.25) is 0 Å². The van der Waals surface area contributed by atoms with Gasteiger partial charge in [0, 0.05) is 23.5 Å². The van der Waals surface area contributed by atoms with Crippen LogP contribution in [-0.4, -0.2) is 22.0 Å². The highest BCUT2D eigenvalue weighted by molar-refractivity contribution is 9.10. The van der Waals surface area contributed by atoms with E-state index in [1.807, 2.05) is 18.2 Å². The van der Waals surface area contributed by atoms with Crippen LogP contribution in [0.4, 0.5) is 5.82 Å². The second-order valence-electron chi connectivity index (χ2n) is 4.29. The number of hydrogen-bond acceptors (Lipinski definition) is 4. The van der Waals surface area contributed by atoms with Crippen LogP contribution in [0.5, 0.6) is 5.75 Å². The van der Waals surface area contributed by atoms with E-state index in [0.29, 0.717) is 17.8 Å². The average Bonchev–Trinajstić information content (AvgIpc) is 2.73. The smallest absolute Gasteiger partial charge is 0.127 e. The number of nitrogens with two attached hydrogens (primary N) is 1. The first kappa shape index (κ1) is 13.9. The Morgan fingerprint density at radius 3 is 2.84 bits per heavy atom. The molecule has 1 unspecified atom stereocenters. The largest absolute Gasteiger partial charge is 0.497 e. The molecule has 19 heavy (non-hydrogen) atoms. The number of nitrogens with zero attached hydrogens (tertiary/aromatic N) is 2. The number of nitrogen functional groups attached to an aromatic ring is 1. The summed E-state index contributed by atoms with van der Waals surface area (Å²) in [6, 6.07) is 5.64. The number of methoxy groups -OCH3 is 1. The highest BCUT2D eigenvalue weighted by Crippen LogP contribution is 2.29. The zero-order valence-electron chi connectivity index (χ0n) is 10.8. The molecule has 1 aromatic carbocycles. The van der Waals surface area contributed by atoms with E-state index in [4.69, 9.17) is 10.5 Å². The van der Waals surface area contributed by atoms with Gasteiger partial charge < -0.3 is 15.6 Å². The zero-order chi connectivity index (χ0) is 14.0. The number of ether oxygens (including phenoxy) is 1. The predicted octanol–water partition coefficient (Wildman–Crippen LogP) is 2.05. The van der Waals surface area contributed by atoms with Gasteiger partial charge in [0.15, 0.2) is 0 Å². The number of rotatable bonds is 4. The van der Waals surface area contributed by atoms with Gasteiger partial charge in [-0.2, -0.15) is 5.10 Å². The van der Waals surface area contributed by atoms with E-state index < -0.39 is 6.10 Å². The molecule has 0 radical (unpaired) electrons. The number of hydrogen-bond donors (Lipinski definition) is 2. The summed E-state index contributed by atoms with van der Waals surface area (Å²) in [5, 5.41) is 14.3. The minimum absolute atomic E-state index is 0.438. The molecule has 2 rings (SSSR count). The fraction of sp³-hybridized carbons (Fsp3) is 0.308. The van der Waals surface area contributed by atoms with E-state index in [1.165, 1.54) is 0 Å². The Bertz CT molecular complexity index is 583. The second kappa shape index (κ2) is 5.63. The van der Waals surface area contributed by atoms with E-state index >= 15 is 0 Å². The highest BCUT2D eigenvalue weighted by Gasteiger charge is 2.16. The van der Waals surface area contributed by atoms with Gasteiger partial charge in [0.2, 0.25) is 0 Å². The van der Waals surface area contributed by atoms with Crippen molar-refractivity contribution in [2.24, 2.45) is 7.05 Å². The topological polar surface area (TPSA) is 73.3 Å². The molecule has 3 N–H and O–H groups in total. The maximum atomic E-state index is 10.3. The van der Waals surface area contributed by atoms with E-state index in [0.717, 1.165) is 15.8 Å². The Hall–Kier alpha value is -1.53. The van der Waals surface area contributed by atoms with Crippen molar-refractivity contribution < 1.29 is 9.84 Å². The number of aliphatic hydroxyl groups is 1. The molecule has 0 fully saturated rings. The number of aryl methyl sites for hydroxylation is 1. The van der Waals surface area contributed by atoms with Crippen LogP contribution >= 0.6 is 15.9 Å². The van der Waals surface area contributed by atoms with Gasteiger partial charge in [0.05, 0.1) is 19.4 Å². The van der Waals surface area contributed by atoms with Crippen molar-refractivity contribution in [3.05, 3.63) is 40.0 Å². The molecule has 1 heterocycles. The van der Waals surface area contributed by atoms with Crippen molar-refractivity contribution in [3.63, 3.8) is 0 Å². The lowest BCUT2D eigenvalue weighted by atomic mass is 10.0. The third-order valence-corrected chi connectivity index (χ3v) is 3.81. The van der Waals surface area contributed by atoms with E-state index in [1.54, 1.807) is 25.0 Å². The fourth-order valence-corrected chi connectivity index (χ4v) is 2.28. The van der Waals surface area contributed by atoms with Gasteiger partial charge in [-0.25, -0.2) is 0 Å². The Labute approximate surface area is 120 Å². The van der Waals surface area contributed by atoms with E-state index in [-0.39, 0.29) is 0 Å². The number of aliphatic hydroxyl groups excluding tert-OH is 1.